The lowest BCUT2D eigenvalue weighted by Crippen LogP contribution is -1.93. The fourth-order valence-electron chi connectivity index (χ4n) is 0.836. The minimum atomic E-state index is -0.845. The Labute approximate surface area is 155 Å². The van der Waals surface area contributed by atoms with E-state index in [0.29, 0.717) is 11.1 Å². The number of hydrogen-bond donors (Lipinski definition) is 4. The topological polar surface area (TPSA) is 115 Å². The maximum atomic E-state index is 9.86. The van der Waals surface area contributed by atoms with Crippen molar-refractivity contribution in [2.45, 2.75) is 27.7 Å². The second-order valence-electron chi connectivity index (χ2n) is 4.62. The molecule has 0 unspecified atom stereocenters. The monoisotopic (exact) mass is 366 g/mol. The number of aliphatic carboxylic acids is 2. The van der Waals surface area contributed by atoms with Gasteiger partial charge in [0.1, 0.15) is 0 Å². The highest BCUT2D eigenvalue weighted by atomic mass is 16.4. The lowest BCUT2D eigenvalue weighted by Gasteiger charge is -1.85. The molecule has 1 rings (SSSR count). The SMILES string of the molecule is C=Cc1ccccc1.CC=C(C)C(=O)O.CC=C(C)C(=O)O.OCCO. The summed E-state index contributed by atoms with van der Waals surface area (Å²) in [6, 6.07) is 10.0. The Kier molecular flexibility index (Phi) is 22.0. The van der Waals surface area contributed by atoms with Crippen LogP contribution in [0, 0.1) is 0 Å². The molecule has 1 aromatic carbocycles. The van der Waals surface area contributed by atoms with Crippen molar-refractivity contribution in [3.8, 4) is 0 Å². The molecular formula is C20H30O6. The van der Waals surface area contributed by atoms with Crippen LogP contribution in [0.3, 0.4) is 0 Å². The van der Waals surface area contributed by atoms with E-state index in [9.17, 15) is 9.59 Å². The molecule has 0 amide bonds. The predicted octanol–water partition coefficient (Wildman–Crippen LogP) is 3.38. The van der Waals surface area contributed by atoms with Crippen LogP contribution in [-0.2, 0) is 9.59 Å². The van der Waals surface area contributed by atoms with Crippen LogP contribution in [0.25, 0.3) is 6.08 Å². The van der Waals surface area contributed by atoms with Crippen LogP contribution >= 0.6 is 0 Å². The molecule has 0 fully saturated rings. The van der Waals surface area contributed by atoms with Gasteiger partial charge in [0.2, 0.25) is 0 Å². The number of rotatable bonds is 4. The van der Waals surface area contributed by atoms with E-state index in [1.807, 2.05) is 36.4 Å². The van der Waals surface area contributed by atoms with E-state index in [1.54, 1.807) is 39.8 Å². The van der Waals surface area contributed by atoms with E-state index in [2.05, 4.69) is 6.58 Å². The third-order valence-electron chi connectivity index (χ3n) is 2.68. The molecule has 0 spiro atoms. The van der Waals surface area contributed by atoms with E-state index < -0.39 is 11.9 Å². The van der Waals surface area contributed by atoms with Gasteiger partial charge in [0, 0.05) is 11.1 Å². The lowest BCUT2D eigenvalue weighted by molar-refractivity contribution is -0.133. The molecule has 6 nitrogen and oxygen atoms in total. The Bertz CT molecular complexity index is 529. The highest BCUT2D eigenvalue weighted by Crippen LogP contribution is 1.97. The molecule has 0 bridgehead atoms. The van der Waals surface area contributed by atoms with Crippen LogP contribution in [0.4, 0.5) is 0 Å². The first kappa shape index (κ1) is 28.1. The fourth-order valence-corrected chi connectivity index (χ4v) is 0.836. The Balaban J connectivity index is -0.000000279. The molecule has 0 saturated heterocycles. The van der Waals surface area contributed by atoms with Crippen LogP contribution in [0.1, 0.15) is 33.3 Å². The summed E-state index contributed by atoms with van der Waals surface area (Å²) in [5.41, 5.74) is 1.95. The van der Waals surface area contributed by atoms with E-state index in [-0.39, 0.29) is 13.2 Å². The van der Waals surface area contributed by atoms with Crippen molar-refractivity contribution >= 4 is 18.0 Å². The Morgan fingerprint density at radius 3 is 1.35 bits per heavy atom. The average Bonchev–Trinajstić information content (AvgIpc) is 2.68. The highest BCUT2D eigenvalue weighted by molar-refractivity contribution is 5.85. The Morgan fingerprint density at radius 2 is 1.23 bits per heavy atom. The number of hydrogen-bond acceptors (Lipinski definition) is 4. The average molecular weight is 366 g/mol. The lowest BCUT2D eigenvalue weighted by atomic mass is 10.2. The van der Waals surface area contributed by atoms with Gasteiger partial charge in [-0.3, -0.25) is 0 Å². The smallest absolute Gasteiger partial charge is 0.330 e. The number of carbonyl (C=O) groups is 2. The van der Waals surface area contributed by atoms with Gasteiger partial charge in [-0.2, -0.15) is 0 Å². The molecule has 0 radical (unpaired) electrons. The predicted molar refractivity (Wildman–Crippen MR) is 105 cm³/mol. The maximum Gasteiger partial charge on any atom is 0.330 e. The van der Waals surface area contributed by atoms with Gasteiger partial charge in [0.15, 0.2) is 0 Å². The van der Waals surface area contributed by atoms with Crippen LogP contribution in [0.2, 0.25) is 0 Å². The fraction of sp³-hybridized carbons (Fsp3) is 0.300. The molecule has 146 valence electrons. The minimum Gasteiger partial charge on any atom is -0.478 e. The summed E-state index contributed by atoms with van der Waals surface area (Å²) in [5.74, 6) is -1.69. The van der Waals surface area contributed by atoms with Gasteiger partial charge in [-0.05, 0) is 33.3 Å². The van der Waals surface area contributed by atoms with E-state index in [1.165, 1.54) is 5.56 Å². The molecule has 1 aromatic rings. The number of carboxylic acid groups (broad SMARTS) is 2. The quantitative estimate of drug-likeness (QED) is 0.607. The molecule has 0 aliphatic rings. The number of benzene rings is 1. The molecule has 0 saturated carbocycles. The molecule has 0 aliphatic carbocycles. The van der Waals surface area contributed by atoms with Crippen LogP contribution in [0.15, 0.2) is 60.2 Å². The maximum absolute atomic E-state index is 9.86. The molecule has 4 N–H and O–H groups in total. The minimum absolute atomic E-state index is 0.125. The van der Waals surface area contributed by atoms with Gasteiger partial charge < -0.3 is 20.4 Å². The number of aliphatic hydroxyl groups is 2. The summed E-state index contributed by atoms with van der Waals surface area (Å²) in [6.07, 6.45) is 4.95. The highest BCUT2D eigenvalue weighted by Gasteiger charge is 1.94. The van der Waals surface area contributed by atoms with Crippen molar-refractivity contribution in [2.75, 3.05) is 13.2 Å². The van der Waals surface area contributed by atoms with Gasteiger partial charge in [-0.15, -0.1) is 0 Å². The van der Waals surface area contributed by atoms with Crippen LogP contribution < -0.4 is 0 Å². The van der Waals surface area contributed by atoms with Crippen molar-refractivity contribution < 1.29 is 30.0 Å². The third kappa shape index (κ3) is 21.3. The molecule has 26 heavy (non-hydrogen) atoms. The van der Waals surface area contributed by atoms with Crippen molar-refractivity contribution in [2.24, 2.45) is 0 Å². The van der Waals surface area contributed by atoms with Gasteiger partial charge in [-0.1, -0.05) is 55.1 Å². The summed E-state index contributed by atoms with van der Waals surface area (Å²) in [6.45, 7) is 9.89. The summed E-state index contributed by atoms with van der Waals surface area (Å²) in [4.78, 5) is 19.7. The zero-order chi connectivity index (χ0) is 21.0. The number of carboxylic acids is 2. The Morgan fingerprint density at radius 1 is 0.885 bits per heavy atom. The van der Waals surface area contributed by atoms with Crippen molar-refractivity contribution in [3.05, 3.63) is 65.8 Å². The standard InChI is InChI=1S/C8H8.2C5H8O2.C2H6O2/c1-2-8-6-4-3-5-7-8;2*1-3-4(2)5(6)7;3-1-2-4/h2-7H,1H2;2*3H,1-2H3,(H,6,7);3-4H,1-2H2. The van der Waals surface area contributed by atoms with E-state index >= 15 is 0 Å². The summed E-state index contributed by atoms with van der Waals surface area (Å²) in [7, 11) is 0. The second kappa shape index (κ2) is 20.3. The largest absolute Gasteiger partial charge is 0.478 e. The Hall–Kier alpha value is -2.70. The molecule has 0 aromatic heterocycles. The zero-order valence-electron chi connectivity index (χ0n) is 15.8. The first-order valence-corrected chi connectivity index (χ1v) is 7.83. The summed E-state index contributed by atoms with van der Waals surface area (Å²) < 4.78 is 0. The zero-order valence-corrected chi connectivity index (χ0v) is 15.8. The van der Waals surface area contributed by atoms with Crippen molar-refractivity contribution in [1.82, 2.24) is 0 Å². The van der Waals surface area contributed by atoms with Gasteiger partial charge in [-0.25, -0.2) is 9.59 Å². The van der Waals surface area contributed by atoms with Crippen LogP contribution in [-0.4, -0.2) is 45.6 Å². The normalized spacial score (nSPS) is 9.92. The molecule has 6 heteroatoms. The van der Waals surface area contributed by atoms with Crippen LogP contribution in [0.5, 0.6) is 0 Å². The van der Waals surface area contributed by atoms with Crippen molar-refractivity contribution in [1.29, 1.82) is 0 Å². The number of aliphatic hydroxyl groups excluding tert-OH is 2. The van der Waals surface area contributed by atoms with Gasteiger partial charge >= 0.3 is 11.9 Å². The number of allylic oxidation sites excluding steroid dienone is 2. The second-order valence-corrected chi connectivity index (χ2v) is 4.62. The first-order valence-electron chi connectivity index (χ1n) is 7.83. The summed E-state index contributed by atoms with van der Waals surface area (Å²) >= 11 is 0. The molecule has 0 heterocycles. The third-order valence-corrected chi connectivity index (χ3v) is 2.68. The van der Waals surface area contributed by atoms with E-state index in [4.69, 9.17) is 20.4 Å². The molecule has 0 aliphatic heterocycles. The van der Waals surface area contributed by atoms with Gasteiger partial charge in [0.05, 0.1) is 13.2 Å². The molecular weight excluding hydrogens is 336 g/mol. The summed E-state index contributed by atoms with van der Waals surface area (Å²) in [5, 5.41) is 31.5. The van der Waals surface area contributed by atoms with Crippen molar-refractivity contribution in [3.63, 3.8) is 0 Å². The van der Waals surface area contributed by atoms with Gasteiger partial charge in [0.25, 0.3) is 0 Å². The van der Waals surface area contributed by atoms with E-state index in [0.717, 1.165) is 0 Å². The first-order chi connectivity index (χ1) is 12.2. The molecule has 0 atom stereocenters.